The summed E-state index contributed by atoms with van der Waals surface area (Å²) in [7, 11) is 5.12. The van der Waals surface area contributed by atoms with Gasteiger partial charge in [-0.05, 0) is 36.1 Å². The number of rotatable bonds is 7. The Balaban J connectivity index is 1.47. The fraction of sp³-hybridized carbons (Fsp3) is 0.381. The summed E-state index contributed by atoms with van der Waals surface area (Å²) < 4.78 is 10.6. The lowest BCUT2D eigenvalue weighted by atomic mass is 10.1. The molecular weight excluding hydrogens is 326 g/mol. The first-order valence-corrected chi connectivity index (χ1v) is 8.98. The van der Waals surface area contributed by atoms with E-state index in [0.29, 0.717) is 12.0 Å². The Labute approximate surface area is 155 Å². The first kappa shape index (κ1) is 18.1. The molecule has 0 amide bonds. The lowest BCUT2D eigenvalue weighted by Crippen LogP contribution is -2.39. The molecule has 5 heteroatoms. The Hall–Kier alpha value is -2.69. The molecule has 0 aliphatic heterocycles. The van der Waals surface area contributed by atoms with Gasteiger partial charge in [0.05, 0.1) is 14.2 Å². The summed E-state index contributed by atoms with van der Waals surface area (Å²) >= 11 is 0. The van der Waals surface area contributed by atoms with Gasteiger partial charge in [0.15, 0.2) is 17.5 Å². The zero-order valence-electron chi connectivity index (χ0n) is 15.7. The molecule has 26 heavy (non-hydrogen) atoms. The fourth-order valence-corrected chi connectivity index (χ4v) is 3.15. The third-order valence-electron chi connectivity index (χ3n) is 4.72. The molecule has 2 aromatic rings. The van der Waals surface area contributed by atoms with Crippen LogP contribution in [0.2, 0.25) is 0 Å². The zero-order valence-corrected chi connectivity index (χ0v) is 15.7. The summed E-state index contributed by atoms with van der Waals surface area (Å²) in [6.45, 7) is 0.803. The smallest absolute Gasteiger partial charge is 0.191 e. The number of aliphatic imine (C=N–C) groups is 1. The molecule has 1 fully saturated rings. The van der Waals surface area contributed by atoms with Crippen LogP contribution in [0.15, 0.2) is 53.5 Å². The lowest BCUT2D eigenvalue weighted by molar-refractivity contribution is 0.354. The fourth-order valence-electron chi connectivity index (χ4n) is 3.15. The third-order valence-corrected chi connectivity index (χ3v) is 4.72. The van der Waals surface area contributed by atoms with E-state index >= 15 is 0 Å². The van der Waals surface area contributed by atoms with Gasteiger partial charge in [0.2, 0.25) is 0 Å². The van der Waals surface area contributed by atoms with Gasteiger partial charge in [-0.2, -0.15) is 0 Å². The largest absolute Gasteiger partial charge is 0.493 e. The third kappa shape index (κ3) is 4.48. The highest BCUT2D eigenvalue weighted by molar-refractivity contribution is 5.80. The number of guanidine groups is 1. The molecule has 138 valence electrons. The highest BCUT2D eigenvalue weighted by Gasteiger charge is 2.38. The molecule has 1 aliphatic carbocycles. The molecule has 2 aromatic carbocycles. The Morgan fingerprint density at radius 2 is 1.85 bits per heavy atom. The van der Waals surface area contributed by atoms with Crippen LogP contribution in [0.25, 0.3) is 0 Å². The van der Waals surface area contributed by atoms with Crippen molar-refractivity contribution in [1.82, 2.24) is 10.6 Å². The van der Waals surface area contributed by atoms with Gasteiger partial charge < -0.3 is 20.1 Å². The Kier molecular flexibility index (Phi) is 6.00. The van der Waals surface area contributed by atoms with E-state index in [0.717, 1.165) is 36.8 Å². The summed E-state index contributed by atoms with van der Waals surface area (Å²) in [4.78, 5) is 4.34. The molecular formula is C21H27N3O2. The van der Waals surface area contributed by atoms with Crippen molar-refractivity contribution in [2.45, 2.75) is 24.8 Å². The van der Waals surface area contributed by atoms with Crippen molar-refractivity contribution >= 4 is 5.96 Å². The minimum atomic E-state index is 0.463. The molecule has 2 N–H and O–H groups in total. The predicted molar refractivity (Wildman–Crippen MR) is 105 cm³/mol. The molecule has 0 heterocycles. The van der Waals surface area contributed by atoms with E-state index in [4.69, 9.17) is 9.47 Å². The van der Waals surface area contributed by atoms with Crippen LogP contribution in [0, 0.1) is 0 Å². The van der Waals surface area contributed by atoms with Crippen LogP contribution in [0.3, 0.4) is 0 Å². The standard InChI is InChI=1S/C21H27N3O2/c1-22-21(24-18-14-17(18)16-7-5-4-6-8-16)23-12-11-15-9-10-19(25-2)20(13-15)26-3/h4-10,13,17-18H,11-12,14H2,1-3H3,(H2,22,23,24). The van der Waals surface area contributed by atoms with Gasteiger partial charge in [-0.25, -0.2) is 0 Å². The van der Waals surface area contributed by atoms with Crippen molar-refractivity contribution in [2.75, 3.05) is 27.8 Å². The van der Waals surface area contributed by atoms with Gasteiger partial charge in [0.1, 0.15) is 0 Å². The highest BCUT2D eigenvalue weighted by atomic mass is 16.5. The maximum atomic E-state index is 5.36. The predicted octanol–water partition coefficient (Wildman–Crippen LogP) is 2.97. The van der Waals surface area contributed by atoms with Crippen LogP contribution < -0.4 is 20.1 Å². The number of hydrogen-bond acceptors (Lipinski definition) is 3. The molecule has 2 atom stereocenters. The molecule has 5 nitrogen and oxygen atoms in total. The van der Waals surface area contributed by atoms with Crippen LogP contribution >= 0.6 is 0 Å². The van der Waals surface area contributed by atoms with E-state index in [1.54, 1.807) is 14.2 Å². The van der Waals surface area contributed by atoms with E-state index in [9.17, 15) is 0 Å². The van der Waals surface area contributed by atoms with Crippen molar-refractivity contribution < 1.29 is 9.47 Å². The van der Waals surface area contributed by atoms with Crippen LogP contribution in [0.1, 0.15) is 23.5 Å². The minimum Gasteiger partial charge on any atom is -0.493 e. The normalized spacial score (nSPS) is 19.0. The van der Waals surface area contributed by atoms with Gasteiger partial charge in [0, 0.05) is 25.6 Å². The van der Waals surface area contributed by atoms with Crippen molar-refractivity contribution in [3.8, 4) is 11.5 Å². The van der Waals surface area contributed by atoms with Gasteiger partial charge in [-0.15, -0.1) is 0 Å². The average Bonchev–Trinajstić information content (AvgIpc) is 3.47. The molecule has 3 rings (SSSR count). The monoisotopic (exact) mass is 353 g/mol. The average molecular weight is 353 g/mol. The quantitative estimate of drug-likeness (QED) is 0.594. The maximum absolute atomic E-state index is 5.36. The highest BCUT2D eigenvalue weighted by Crippen LogP contribution is 2.40. The molecule has 0 spiro atoms. The first-order chi connectivity index (χ1) is 12.7. The van der Waals surface area contributed by atoms with E-state index < -0.39 is 0 Å². The number of nitrogens with zero attached hydrogens (tertiary/aromatic N) is 1. The second kappa shape index (κ2) is 8.61. The number of nitrogens with one attached hydrogen (secondary N) is 2. The second-order valence-electron chi connectivity index (χ2n) is 6.44. The minimum absolute atomic E-state index is 0.463. The van der Waals surface area contributed by atoms with E-state index in [2.05, 4.69) is 52.0 Å². The molecule has 0 radical (unpaired) electrons. The van der Waals surface area contributed by atoms with Crippen LogP contribution in [-0.2, 0) is 6.42 Å². The second-order valence-corrected chi connectivity index (χ2v) is 6.44. The van der Waals surface area contributed by atoms with Crippen molar-refractivity contribution in [3.05, 3.63) is 59.7 Å². The lowest BCUT2D eigenvalue weighted by Gasteiger charge is -2.13. The van der Waals surface area contributed by atoms with Gasteiger partial charge in [0.25, 0.3) is 0 Å². The van der Waals surface area contributed by atoms with Gasteiger partial charge in [-0.1, -0.05) is 36.4 Å². The van der Waals surface area contributed by atoms with Crippen LogP contribution in [0.4, 0.5) is 0 Å². The summed E-state index contributed by atoms with van der Waals surface area (Å²) in [6, 6.07) is 17.1. The van der Waals surface area contributed by atoms with Crippen LogP contribution in [-0.4, -0.2) is 39.8 Å². The maximum Gasteiger partial charge on any atom is 0.191 e. The Morgan fingerprint density at radius 1 is 1.08 bits per heavy atom. The molecule has 0 aromatic heterocycles. The van der Waals surface area contributed by atoms with Crippen molar-refractivity contribution in [1.29, 1.82) is 0 Å². The molecule has 0 saturated heterocycles. The molecule has 2 unspecified atom stereocenters. The van der Waals surface area contributed by atoms with E-state index in [1.807, 2.05) is 19.2 Å². The Morgan fingerprint density at radius 3 is 2.54 bits per heavy atom. The summed E-state index contributed by atoms with van der Waals surface area (Å²) in [5, 5.41) is 6.90. The zero-order chi connectivity index (χ0) is 18.4. The number of methoxy groups -OCH3 is 2. The Bertz CT molecular complexity index is 746. The summed E-state index contributed by atoms with van der Waals surface area (Å²) in [6.07, 6.45) is 2.04. The summed E-state index contributed by atoms with van der Waals surface area (Å²) in [5.74, 6) is 2.95. The van der Waals surface area contributed by atoms with Gasteiger partial charge >= 0.3 is 0 Å². The van der Waals surface area contributed by atoms with Crippen molar-refractivity contribution in [2.24, 2.45) is 4.99 Å². The summed E-state index contributed by atoms with van der Waals surface area (Å²) in [5.41, 5.74) is 2.59. The molecule has 1 aliphatic rings. The SMILES string of the molecule is CN=C(NCCc1ccc(OC)c(OC)c1)NC1CC1c1ccccc1. The number of hydrogen-bond donors (Lipinski definition) is 2. The number of ether oxygens (including phenoxy) is 2. The first-order valence-electron chi connectivity index (χ1n) is 8.98. The van der Waals surface area contributed by atoms with Crippen LogP contribution in [0.5, 0.6) is 11.5 Å². The van der Waals surface area contributed by atoms with Gasteiger partial charge in [-0.3, -0.25) is 4.99 Å². The number of benzene rings is 2. The van der Waals surface area contributed by atoms with E-state index in [-0.39, 0.29) is 0 Å². The molecule has 1 saturated carbocycles. The van der Waals surface area contributed by atoms with Crippen molar-refractivity contribution in [3.63, 3.8) is 0 Å². The molecule has 0 bridgehead atoms. The topological polar surface area (TPSA) is 54.9 Å². The van der Waals surface area contributed by atoms with E-state index in [1.165, 1.54) is 11.1 Å².